The number of benzene rings is 1. The number of carbonyl (C=O) groups excluding carboxylic acids is 2. The third-order valence-electron chi connectivity index (χ3n) is 1.99. The Kier molecular flexibility index (Phi) is 5.00. The summed E-state index contributed by atoms with van der Waals surface area (Å²) in [7, 11) is 0. The van der Waals surface area contributed by atoms with Gasteiger partial charge in [0.2, 0.25) is 0 Å². The number of rotatable bonds is 4. The molecule has 1 aromatic carbocycles. The van der Waals surface area contributed by atoms with Crippen LogP contribution < -0.4 is 10.6 Å². The van der Waals surface area contributed by atoms with E-state index in [9.17, 15) is 9.59 Å². The molecule has 0 aliphatic rings. The van der Waals surface area contributed by atoms with Crippen LogP contribution in [0.4, 0.5) is 10.5 Å². The van der Waals surface area contributed by atoms with Crippen LogP contribution in [-0.2, 0) is 4.74 Å². The van der Waals surface area contributed by atoms with E-state index < -0.39 is 0 Å². The maximum atomic E-state index is 11.4. The minimum absolute atomic E-state index is 0.267. The summed E-state index contributed by atoms with van der Waals surface area (Å²) < 4.78 is 4.85. The molecule has 92 valence electrons. The van der Waals surface area contributed by atoms with Crippen molar-refractivity contribution in [2.75, 3.05) is 18.5 Å². The summed E-state index contributed by atoms with van der Waals surface area (Å²) in [6.45, 7) is 4.50. The molecule has 0 aromatic heterocycles. The van der Waals surface area contributed by atoms with Crippen LogP contribution in [-0.4, -0.2) is 25.2 Å². The van der Waals surface area contributed by atoms with E-state index in [-0.39, 0.29) is 12.0 Å². The molecule has 0 fully saturated rings. The van der Waals surface area contributed by atoms with Gasteiger partial charge < -0.3 is 15.4 Å². The van der Waals surface area contributed by atoms with E-state index in [0.29, 0.717) is 24.4 Å². The van der Waals surface area contributed by atoms with Crippen molar-refractivity contribution in [2.45, 2.75) is 13.8 Å². The number of esters is 1. The average molecular weight is 236 g/mol. The average Bonchev–Trinajstić information content (AvgIpc) is 2.30. The molecule has 0 heterocycles. The number of amides is 2. The smallest absolute Gasteiger partial charge is 0.338 e. The zero-order valence-electron chi connectivity index (χ0n) is 9.95. The van der Waals surface area contributed by atoms with Crippen molar-refractivity contribution < 1.29 is 14.3 Å². The summed E-state index contributed by atoms with van der Waals surface area (Å²) in [4.78, 5) is 22.6. The van der Waals surface area contributed by atoms with Gasteiger partial charge in [-0.2, -0.15) is 0 Å². The molecule has 0 spiro atoms. The molecule has 0 radical (unpaired) electrons. The molecule has 0 atom stereocenters. The second kappa shape index (κ2) is 6.52. The predicted molar refractivity (Wildman–Crippen MR) is 65.1 cm³/mol. The van der Waals surface area contributed by atoms with Crippen molar-refractivity contribution in [2.24, 2.45) is 0 Å². The first-order valence-corrected chi connectivity index (χ1v) is 5.49. The zero-order valence-corrected chi connectivity index (χ0v) is 9.95. The maximum Gasteiger partial charge on any atom is 0.338 e. The van der Waals surface area contributed by atoms with Crippen LogP contribution in [0.5, 0.6) is 0 Å². The molecule has 5 nitrogen and oxygen atoms in total. The monoisotopic (exact) mass is 236 g/mol. The zero-order chi connectivity index (χ0) is 12.7. The van der Waals surface area contributed by atoms with Crippen molar-refractivity contribution in [1.82, 2.24) is 5.32 Å². The Balaban J connectivity index is 2.61. The lowest BCUT2D eigenvalue weighted by Gasteiger charge is -2.06. The molecule has 1 rings (SSSR count). The molecule has 0 aliphatic carbocycles. The van der Waals surface area contributed by atoms with Crippen molar-refractivity contribution in [3.05, 3.63) is 29.8 Å². The van der Waals surface area contributed by atoms with E-state index >= 15 is 0 Å². The number of ether oxygens (including phenoxy) is 1. The summed E-state index contributed by atoms with van der Waals surface area (Å²) in [6.07, 6.45) is 0. The van der Waals surface area contributed by atoms with E-state index in [0.717, 1.165) is 0 Å². The number of anilines is 1. The highest BCUT2D eigenvalue weighted by Gasteiger charge is 2.06. The van der Waals surface area contributed by atoms with Crippen molar-refractivity contribution in [1.29, 1.82) is 0 Å². The van der Waals surface area contributed by atoms with Gasteiger partial charge in [-0.3, -0.25) is 0 Å². The van der Waals surface area contributed by atoms with Gasteiger partial charge in [-0.1, -0.05) is 0 Å². The van der Waals surface area contributed by atoms with Gasteiger partial charge in [0, 0.05) is 12.2 Å². The SMILES string of the molecule is CCNC(=O)Nc1ccc(C(=O)OCC)cc1. The van der Waals surface area contributed by atoms with Crippen LogP contribution in [0, 0.1) is 0 Å². The number of hydrogen-bond donors (Lipinski definition) is 2. The Bertz CT molecular complexity index is 387. The molecule has 0 saturated carbocycles. The van der Waals surface area contributed by atoms with E-state index in [4.69, 9.17) is 4.74 Å². The molecule has 0 aliphatic heterocycles. The van der Waals surface area contributed by atoms with Gasteiger partial charge >= 0.3 is 12.0 Å². The van der Waals surface area contributed by atoms with E-state index in [1.807, 2.05) is 6.92 Å². The summed E-state index contributed by atoms with van der Waals surface area (Å²) >= 11 is 0. The van der Waals surface area contributed by atoms with Crippen molar-refractivity contribution in [3.63, 3.8) is 0 Å². The standard InChI is InChI=1S/C12H16N2O3/c1-3-13-12(16)14-10-7-5-9(6-8-10)11(15)17-4-2/h5-8H,3-4H2,1-2H3,(H2,13,14,16). The normalized spacial score (nSPS) is 9.53. The van der Waals surface area contributed by atoms with Gasteiger partial charge in [0.25, 0.3) is 0 Å². The topological polar surface area (TPSA) is 67.4 Å². The second-order valence-electron chi connectivity index (χ2n) is 3.28. The quantitative estimate of drug-likeness (QED) is 0.786. The molecule has 5 heteroatoms. The van der Waals surface area contributed by atoms with Gasteiger partial charge in [0.1, 0.15) is 0 Å². The Morgan fingerprint density at radius 3 is 2.35 bits per heavy atom. The number of nitrogens with one attached hydrogen (secondary N) is 2. The summed E-state index contributed by atoms with van der Waals surface area (Å²) in [5.41, 5.74) is 1.09. The summed E-state index contributed by atoms with van der Waals surface area (Å²) in [6, 6.07) is 6.26. The Labute approximate surface area is 100 Å². The molecular formula is C12H16N2O3. The van der Waals surface area contributed by atoms with E-state index in [2.05, 4.69) is 10.6 Å². The molecule has 2 N–H and O–H groups in total. The van der Waals surface area contributed by atoms with Crippen LogP contribution in [0.3, 0.4) is 0 Å². The summed E-state index contributed by atoms with van der Waals surface area (Å²) in [5.74, 6) is -0.364. The van der Waals surface area contributed by atoms with Crippen molar-refractivity contribution >= 4 is 17.7 Å². The van der Waals surface area contributed by atoms with E-state index in [1.54, 1.807) is 31.2 Å². The first kappa shape index (κ1) is 13.0. The van der Waals surface area contributed by atoms with Crippen LogP contribution >= 0.6 is 0 Å². The number of carbonyl (C=O) groups is 2. The lowest BCUT2D eigenvalue weighted by Crippen LogP contribution is -2.28. The molecule has 1 aromatic rings. The second-order valence-corrected chi connectivity index (χ2v) is 3.28. The van der Waals surface area contributed by atoms with Crippen LogP contribution in [0.25, 0.3) is 0 Å². The molecule has 17 heavy (non-hydrogen) atoms. The highest BCUT2D eigenvalue weighted by molar-refractivity contribution is 5.92. The predicted octanol–water partition coefficient (Wildman–Crippen LogP) is 2.00. The molecule has 2 amide bonds. The van der Waals surface area contributed by atoms with Crippen molar-refractivity contribution in [3.8, 4) is 0 Å². The van der Waals surface area contributed by atoms with Crippen LogP contribution in [0.2, 0.25) is 0 Å². The fourth-order valence-electron chi connectivity index (χ4n) is 1.24. The molecule has 0 unspecified atom stereocenters. The summed E-state index contributed by atoms with van der Waals surface area (Å²) in [5, 5.41) is 5.25. The first-order valence-electron chi connectivity index (χ1n) is 5.49. The fourth-order valence-corrected chi connectivity index (χ4v) is 1.24. The largest absolute Gasteiger partial charge is 0.462 e. The van der Waals surface area contributed by atoms with Gasteiger partial charge in [-0.15, -0.1) is 0 Å². The fraction of sp³-hybridized carbons (Fsp3) is 0.333. The lowest BCUT2D eigenvalue weighted by molar-refractivity contribution is 0.0526. The Hall–Kier alpha value is -2.04. The van der Waals surface area contributed by atoms with Gasteiger partial charge in [0.15, 0.2) is 0 Å². The molecule has 0 bridgehead atoms. The third kappa shape index (κ3) is 4.14. The lowest BCUT2D eigenvalue weighted by atomic mass is 10.2. The minimum Gasteiger partial charge on any atom is -0.462 e. The highest BCUT2D eigenvalue weighted by atomic mass is 16.5. The highest BCUT2D eigenvalue weighted by Crippen LogP contribution is 2.10. The molecular weight excluding hydrogens is 220 g/mol. The van der Waals surface area contributed by atoms with E-state index in [1.165, 1.54) is 0 Å². The van der Waals surface area contributed by atoms with Crippen LogP contribution in [0.15, 0.2) is 24.3 Å². The Morgan fingerprint density at radius 2 is 1.82 bits per heavy atom. The van der Waals surface area contributed by atoms with Gasteiger partial charge in [-0.05, 0) is 38.1 Å². The minimum atomic E-state index is -0.364. The first-order chi connectivity index (χ1) is 8.17. The number of urea groups is 1. The Morgan fingerprint density at radius 1 is 1.18 bits per heavy atom. The maximum absolute atomic E-state index is 11.4. The van der Waals surface area contributed by atoms with Gasteiger partial charge in [0.05, 0.1) is 12.2 Å². The van der Waals surface area contributed by atoms with Crippen LogP contribution in [0.1, 0.15) is 24.2 Å². The van der Waals surface area contributed by atoms with Gasteiger partial charge in [-0.25, -0.2) is 9.59 Å². The third-order valence-corrected chi connectivity index (χ3v) is 1.99. The molecule has 0 saturated heterocycles. The number of hydrogen-bond acceptors (Lipinski definition) is 3.